The first kappa shape index (κ1) is 20.7. The van der Waals surface area contributed by atoms with Crippen molar-refractivity contribution in [3.8, 4) is 0 Å². The molecule has 0 atom stereocenters. The maximum atomic E-state index is 12.8. The van der Waals surface area contributed by atoms with Gasteiger partial charge in [-0.2, -0.15) is 0 Å². The van der Waals surface area contributed by atoms with Crippen LogP contribution in [0.5, 0.6) is 0 Å². The van der Waals surface area contributed by atoms with Crippen LogP contribution in [0.15, 0.2) is 65.4 Å². The zero-order valence-corrected chi connectivity index (χ0v) is 19.3. The monoisotopic (exact) mass is 490 g/mol. The highest BCUT2D eigenvalue weighted by atomic mass is 79.9. The Bertz CT molecular complexity index is 1300. The van der Waals surface area contributed by atoms with E-state index in [0.717, 1.165) is 63.8 Å². The number of carbonyl (C=O) groups is 1. The summed E-state index contributed by atoms with van der Waals surface area (Å²) in [5.74, 6) is 0. The van der Waals surface area contributed by atoms with Crippen molar-refractivity contribution < 1.29 is 4.79 Å². The molecule has 162 valence electrons. The Morgan fingerprint density at radius 3 is 2.59 bits per heavy atom. The van der Waals surface area contributed by atoms with Gasteiger partial charge in [-0.3, -0.25) is 9.97 Å². The van der Waals surface area contributed by atoms with E-state index in [1.807, 2.05) is 42.6 Å². The molecule has 0 spiro atoms. The maximum absolute atomic E-state index is 12.8. The first-order valence-electron chi connectivity index (χ1n) is 10.5. The molecule has 1 aliphatic heterocycles. The number of nitrogens with zero attached hydrogens (tertiary/aromatic N) is 4. The van der Waals surface area contributed by atoms with Gasteiger partial charge in [0.25, 0.3) is 0 Å². The normalized spacial score (nSPS) is 14.6. The topological polar surface area (TPSA) is 73.4 Å². The van der Waals surface area contributed by atoms with Crippen molar-refractivity contribution in [1.29, 1.82) is 0 Å². The van der Waals surface area contributed by atoms with E-state index in [2.05, 4.69) is 59.4 Å². The van der Waals surface area contributed by atoms with E-state index in [1.165, 1.54) is 0 Å². The van der Waals surface area contributed by atoms with Crippen LogP contribution in [0.2, 0.25) is 0 Å². The number of carbonyl (C=O) groups excluding carboxylic acids is 1. The molecule has 8 heteroatoms. The summed E-state index contributed by atoms with van der Waals surface area (Å²) in [6.07, 6.45) is 3.54. The highest BCUT2D eigenvalue weighted by Gasteiger charge is 2.17. The molecule has 0 saturated carbocycles. The molecule has 5 rings (SSSR count). The number of benzene rings is 2. The van der Waals surface area contributed by atoms with Crippen LogP contribution in [-0.2, 0) is 0 Å². The molecule has 1 fully saturated rings. The Morgan fingerprint density at radius 2 is 1.75 bits per heavy atom. The summed E-state index contributed by atoms with van der Waals surface area (Å²) in [5.41, 5.74) is 4.29. The summed E-state index contributed by atoms with van der Waals surface area (Å²) < 4.78 is 0.887. The third-order valence-corrected chi connectivity index (χ3v) is 6.43. The van der Waals surface area contributed by atoms with Crippen molar-refractivity contribution >= 4 is 60.8 Å². The van der Waals surface area contributed by atoms with Gasteiger partial charge in [0.15, 0.2) is 0 Å². The molecule has 1 aliphatic rings. The molecule has 0 aliphatic carbocycles. The number of hydrogen-bond donors (Lipinski definition) is 2. The number of piperazine rings is 1. The minimum Gasteiger partial charge on any atom is -0.368 e. The van der Waals surface area contributed by atoms with E-state index in [1.54, 1.807) is 12.3 Å². The molecule has 0 unspecified atom stereocenters. The summed E-state index contributed by atoms with van der Waals surface area (Å²) in [6.45, 7) is 4.00. The summed E-state index contributed by atoms with van der Waals surface area (Å²) in [5, 5.41) is 7.82. The smallest absolute Gasteiger partial charge is 0.323 e. The number of rotatable bonds is 3. The number of para-hydroxylation sites is 1. The van der Waals surface area contributed by atoms with Crippen LogP contribution >= 0.6 is 15.9 Å². The Labute approximate surface area is 194 Å². The number of pyridine rings is 2. The van der Waals surface area contributed by atoms with Gasteiger partial charge in [0.2, 0.25) is 0 Å². The van der Waals surface area contributed by atoms with E-state index in [-0.39, 0.29) is 6.03 Å². The molecule has 2 N–H and O–H groups in total. The van der Waals surface area contributed by atoms with Gasteiger partial charge in [-0.05, 0) is 59.4 Å². The molecule has 3 heterocycles. The average molecular weight is 491 g/mol. The third-order valence-electron chi connectivity index (χ3n) is 5.79. The van der Waals surface area contributed by atoms with E-state index >= 15 is 0 Å². The van der Waals surface area contributed by atoms with E-state index in [9.17, 15) is 4.79 Å². The van der Waals surface area contributed by atoms with Crippen molar-refractivity contribution in [2.24, 2.45) is 0 Å². The lowest BCUT2D eigenvalue weighted by Crippen LogP contribution is -2.44. The summed E-state index contributed by atoms with van der Waals surface area (Å²) in [4.78, 5) is 26.4. The second kappa shape index (κ2) is 8.72. The minimum absolute atomic E-state index is 0.304. The van der Waals surface area contributed by atoms with Crippen molar-refractivity contribution in [2.75, 3.05) is 48.8 Å². The van der Waals surface area contributed by atoms with Crippen LogP contribution in [0.3, 0.4) is 0 Å². The van der Waals surface area contributed by atoms with Crippen LogP contribution in [0, 0.1) is 0 Å². The van der Waals surface area contributed by atoms with Crippen molar-refractivity contribution in [3.05, 3.63) is 65.4 Å². The zero-order chi connectivity index (χ0) is 22.1. The molecule has 2 aromatic carbocycles. The van der Waals surface area contributed by atoms with E-state index in [4.69, 9.17) is 0 Å². The van der Waals surface area contributed by atoms with Gasteiger partial charge in [-0.15, -0.1) is 0 Å². The predicted molar refractivity (Wildman–Crippen MR) is 134 cm³/mol. The third kappa shape index (κ3) is 4.11. The average Bonchev–Trinajstić information content (AvgIpc) is 2.80. The molecule has 0 radical (unpaired) electrons. The number of aromatic nitrogens is 2. The second-order valence-electron chi connectivity index (χ2n) is 7.93. The number of halogens is 1. The largest absolute Gasteiger partial charge is 0.368 e. The highest BCUT2D eigenvalue weighted by Crippen LogP contribution is 2.30. The Balaban J connectivity index is 1.39. The lowest BCUT2D eigenvalue weighted by atomic mass is 10.1. The lowest BCUT2D eigenvalue weighted by Gasteiger charge is -2.34. The van der Waals surface area contributed by atoms with Gasteiger partial charge >= 0.3 is 6.03 Å². The summed E-state index contributed by atoms with van der Waals surface area (Å²) in [7, 11) is 2.15. The fourth-order valence-electron chi connectivity index (χ4n) is 4.07. The molecular formula is C24H23BrN6O. The number of urea groups is 1. The van der Waals surface area contributed by atoms with Gasteiger partial charge in [0, 0.05) is 65.2 Å². The highest BCUT2D eigenvalue weighted by molar-refractivity contribution is 9.10. The zero-order valence-electron chi connectivity index (χ0n) is 17.7. The standard InChI is InChI=1S/C24H23BrN6O/c1-30-11-13-31(14-12-30)22-8-10-26-20-6-5-16(15-18(20)22)28-24(32)29-21-7-9-27-23-17(21)3-2-4-19(23)25/h2-10,15H,11-14H2,1H3,(H2,27,28,29,32). The Hall–Kier alpha value is -3.23. The van der Waals surface area contributed by atoms with Gasteiger partial charge in [-0.25, -0.2) is 4.79 Å². The predicted octanol–water partition coefficient (Wildman–Crippen LogP) is 4.94. The van der Waals surface area contributed by atoms with Gasteiger partial charge < -0.3 is 20.4 Å². The van der Waals surface area contributed by atoms with Crippen molar-refractivity contribution in [2.45, 2.75) is 0 Å². The van der Waals surface area contributed by atoms with E-state index in [0.29, 0.717) is 5.69 Å². The second-order valence-corrected chi connectivity index (χ2v) is 8.78. The molecule has 1 saturated heterocycles. The number of amides is 2. The van der Waals surface area contributed by atoms with Crippen LogP contribution in [0.25, 0.3) is 21.8 Å². The van der Waals surface area contributed by atoms with Crippen molar-refractivity contribution in [1.82, 2.24) is 14.9 Å². The molecular weight excluding hydrogens is 468 g/mol. The van der Waals surface area contributed by atoms with Crippen molar-refractivity contribution in [3.63, 3.8) is 0 Å². The molecule has 32 heavy (non-hydrogen) atoms. The first-order chi connectivity index (χ1) is 15.6. The molecule has 2 amide bonds. The first-order valence-corrected chi connectivity index (χ1v) is 11.3. The molecule has 7 nitrogen and oxygen atoms in total. The number of fused-ring (bicyclic) bond motifs is 2. The minimum atomic E-state index is -0.304. The number of anilines is 3. The molecule has 0 bridgehead atoms. The Morgan fingerprint density at radius 1 is 0.938 bits per heavy atom. The molecule has 2 aromatic heterocycles. The number of nitrogens with one attached hydrogen (secondary N) is 2. The Kier molecular flexibility index (Phi) is 5.63. The fourth-order valence-corrected chi connectivity index (χ4v) is 4.53. The lowest BCUT2D eigenvalue weighted by molar-refractivity contribution is 0.262. The summed E-state index contributed by atoms with van der Waals surface area (Å²) >= 11 is 3.51. The number of likely N-dealkylation sites (N-methyl/N-ethyl adjacent to an activating group) is 1. The molecule has 4 aromatic rings. The fraction of sp³-hybridized carbons (Fsp3) is 0.208. The number of hydrogen-bond acceptors (Lipinski definition) is 5. The van der Waals surface area contributed by atoms with Crippen LogP contribution in [0.1, 0.15) is 0 Å². The summed E-state index contributed by atoms with van der Waals surface area (Å²) in [6, 6.07) is 15.2. The van der Waals surface area contributed by atoms with E-state index < -0.39 is 0 Å². The van der Waals surface area contributed by atoms with Crippen LogP contribution in [-0.4, -0.2) is 54.1 Å². The quantitative estimate of drug-likeness (QED) is 0.425. The van der Waals surface area contributed by atoms with Crippen LogP contribution < -0.4 is 15.5 Å². The van der Waals surface area contributed by atoms with Crippen LogP contribution in [0.4, 0.5) is 21.9 Å². The SMILES string of the molecule is CN1CCN(c2ccnc3ccc(NC(=O)Nc4ccnc5c(Br)cccc45)cc23)CC1. The van der Waals surface area contributed by atoms with Gasteiger partial charge in [0.05, 0.1) is 16.7 Å². The van der Waals surface area contributed by atoms with Gasteiger partial charge in [-0.1, -0.05) is 12.1 Å². The maximum Gasteiger partial charge on any atom is 0.323 e. The van der Waals surface area contributed by atoms with Gasteiger partial charge in [0.1, 0.15) is 0 Å².